The summed E-state index contributed by atoms with van der Waals surface area (Å²) in [4.78, 5) is 6.47. The number of hydrogen-bond acceptors (Lipinski definition) is 3. The molecule has 4 nitrogen and oxygen atoms in total. The number of ether oxygens (including phenoxy) is 2. The summed E-state index contributed by atoms with van der Waals surface area (Å²) in [7, 11) is 0. The summed E-state index contributed by atoms with van der Waals surface area (Å²) in [6.07, 6.45) is 8.32. The molecule has 4 heterocycles. The third-order valence-corrected chi connectivity index (χ3v) is 7.20. The number of rotatable bonds is 3. The monoisotopic (exact) mass is 412 g/mol. The van der Waals surface area contributed by atoms with Crippen LogP contribution in [0.15, 0.2) is 18.2 Å². The highest BCUT2D eigenvalue weighted by Crippen LogP contribution is 2.42. The molecule has 4 heteroatoms. The normalized spacial score (nSPS) is 30.7. The molecular formula is C26H40N2O2. The zero-order valence-electron chi connectivity index (χ0n) is 19.4. The number of piperidine rings is 1. The second-order valence-electron chi connectivity index (χ2n) is 9.57. The minimum atomic E-state index is -0.0788. The fourth-order valence-corrected chi connectivity index (χ4v) is 5.30. The molecule has 3 aliphatic heterocycles. The van der Waals surface area contributed by atoms with Crippen molar-refractivity contribution in [3.05, 3.63) is 29.5 Å². The molecule has 5 rings (SSSR count). The highest BCUT2D eigenvalue weighted by molar-refractivity contribution is 5.86. The van der Waals surface area contributed by atoms with Gasteiger partial charge in [-0.2, -0.15) is 0 Å². The molecule has 3 aliphatic rings. The number of aromatic nitrogens is 1. The Bertz CT molecular complexity index is 822. The molecule has 0 amide bonds. The third kappa shape index (κ3) is 4.55. The lowest BCUT2D eigenvalue weighted by Crippen LogP contribution is -2.44. The van der Waals surface area contributed by atoms with E-state index in [0.717, 1.165) is 37.5 Å². The van der Waals surface area contributed by atoms with Gasteiger partial charge in [0, 0.05) is 48.1 Å². The molecule has 2 saturated heterocycles. The first-order chi connectivity index (χ1) is 14.6. The lowest BCUT2D eigenvalue weighted by molar-refractivity contribution is -0.105. The Kier molecular flexibility index (Phi) is 7.05. The number of nitrogens with zero attached hydrogens (tertiary/aromatic N) is 1. The minimum absolute atomic E-state index is 0.0788. The number of hydrogen-bond donors (Lipinski definition) is 1. The zero-order chi connectivity index (χ0) is 21.1. The molecule has 0 aliphatic carbocycles. The first-order valence-corrected chi connectivity index (χ1v) is 12.3. The van der Waals surface area contributed by atoms with Gasteiger partial charge in [-0.3, -0.25) is 4.90 Å². The molecule has 4 unspecified atom stereocenters. The molecule has 0 radical (unpaired) electrons. The van der Waals surface area contributed by atoms with Crippen molar-refractivity contribution in [1.29, 1.82) is 0 Å². The van der Waals surface area contributed by atoms with Gasteiger partial charge < -0.3 is 14.5 Å². The van der Waals surface area contributed by atoms with Gasteiger partial charge >= 0.3 is 0 Å². The van der Waals surface area contributed by atoms with E-state index in [4.69, 9.17) is 9.47 Å². The van der Waals surface area contributed by atoms with Crippen molar-refractivity contribution in [2.75, 3.05) is 19.7 Å². The number of H-pyrrole nitrogens is 1. The van der Waals surface area contributed by atoms with Crippen LogP contribution >= 0.6 is 0 Å². The molecule has 166 valence electrons. The molecule has 1 aromatic heterocycles. The zero-order valence-corrected chi connectivity index (χ0v) is 19.4. The first-order valence-electron chi connectivity index (χ1n) is 12.3. The second kappa shape index (κ2) is 9.74. The van der Waals surface area contributed by atoms with Gasteiger partial charge in [-0.25, -0.2) is 0 Å². The summed E-state index contributed by atoms with van der Waals surface area (Å²) in [6.45, 7) is 12.4. The van der Waals surface area contributed by atoms with Crippen molar-refractivity contribution < 1.29 is 9.47 Å². The Morgan fingerprint density at radius 1 is 1.17 bits per heavy atom. The van der Waals surface area contributed by atoms with E-state index in [0.29, 0.717) is 12.0 Å². The summed E-state index contributed by atoms with van der Waals surface area (Å²) >= 11 is 0. The quantitative estimate of drug-likeness (QED) is 0.647. The highest BCUT2D eigenvalue weighted by atomic mass is 16.7. The van der Waals surface area contributed by atoms with Crippen LogP contribution in [0.1, 0.15) is 83.4 Å². The van der Waals surface area contributed by atoms with Crippen LogP contribution < -0.4 is 4.74 Å². The van der Waals surface area contributed by atoms with Gasteiger partial charge in [-0.15, -0.1) is 0 Å². The van der Waals surface area contributed by atoms with Gasteiger partial charge in [0.15, 0.2) is 6.29 Å². The van der Waals surface area contributed by atoms with Crippen molar-refractivity contribution >= 4 is 10.9 Å². The average molecular weight is 413 g/mol. The van der Waals surface area contributed by atoms with Crippen molar-refractivity contribution in [2.24, 2.45) is 5.92 Å². The Hall–Kier alpha value is -1.52. The molecular weight excluding hydrogens is 372 g/mol. The van der Waals surface area contributed by atoms with Gasteiger partial charge in [0.2, 0.25) is 0 Å². The maximum atomic E-state index is 6.13. The van der Waals surface area contributed by atoms with E-state index < -0.39 is 0 Å². The summed E-state index contributed by atoms with van der Waals surface area (Å²) in [5.74, 6) is 2.34. The third-order valence-electron chi connectivity index (χ3n) is 7.20. The summed E-state index contributed by atoms with van der Waals surface area (Å²) in [6, 6.07) is 7.15. The maximum Gasteiger partial charge on any atom is 0.199 e. The average Bonchev–Trinajstić information content (AvgIpc) is 3.09. The van der Waals surface area contributed by atoms with Crippen molar-refractivity contribution in [3.8, 4) is 5.75 Å². The van der Waals surface area contributed by atoms with Crippen LogP contribution in [0.5, 0.6) is 5.75 Å². The summed E-state index contributed by atoms with van der Waals surface area (Å²) in [5, 5.41) is 1.35. The van der Waals surface area contributed by atoms with Gasteiger partial charge in [-0.1, -0.05) is 33.6 Å². The predicted molar refractivity (Wildman–Crippen MR) is 124 cm³/mol. The molecule has 5 atom stereocenters. The van der Waals surface area contributed by atoms with E-state index in [2.05, 4.69) is 55.8 Å². The van der Waals surface area contributed by atoms with Gasteiger partial charge in [0.05, 0.1) is 6.61 Å². The number of unbranched alkanes of at least 4 members (excludes halogenated alkanes) is 1. The molecule has 0 spiro atoms. The van der Waals surface area contributed by atoms with Crippen LogP contribution in [0.2, 0.25) is 0 Å². The van der Waals surface area contributed by atoms with Gasteiger partial charge in [0.25, 0.3) is 0 Å². The van der Waals surface area contributed by atoms with E-state index in [1.165, 1.54) is 60.9 Å². The number of fused-ring (bicyclic) bond motifs is 6. The lowest BCUT2D eigenvalue weighted by Gasteiger charge is -2.40. The van der Waals surface area contributed by atoms with Crippen molar-refractivity contribution in [2.45, 2.75) is 90.9 Å². The Labute approximate surface area is 182 Å². The van der Waals surface area contributed by atoms with Crippen LogP contribution in [0, 0.1) is 5.92 Å². The fourth-order valence-electron chi connectivity index (χ4n) is 5.30. The number of nitrogens with one attached hydrogen (secondary N) is 1. The van der Waals surface area contributed by atoms with E-state index in [1.807, 2.05) is 0 Å². The number of aromatic amines is 1. The standard InChI is InChI=1S/C22H30N2O2.C4H10/c1-14-11-18-15(2)24(13-14)9-8-17-19-12-16(6-7-20(19)23-22(17)18)26-21-5-3-4-10-25-21;1-3-4-2/h6-7,12,14-15,18,21,23H,3-5,8-11,13H2,1-2H3;3-4H2,1-2H3/t14-,15?,18?,21?;/m0./s1. The molecule has 1 N–H and O–H groups in total. The van der Waals surface area contributed by atoms with Crippen LogP contribution in [0.4, 0.5) is 0 Å². The predicted octanol–water partition coefficient (Wildman–Crippen LogP) is 6.25. The summed E-state index contributed by atoms with van der Waals surface area (Å²) < 4.78 is 11.9. The van der Waals surface area contributed by atoms with E-state index in [-0.39, 0.29) is 6.29 Å². The molecule has 0 saturated carbocycles. The van der Waals surface area contributed by atoms with Crippen LogP contribution in [0.3, 0.4) is 0 Å². The lowest BCUT2D eigenvalue weighted by atomic mass is 9.82. The molecule has 1 aromatic carbocycles. The molecule has 2 bridgehead atoms. The second-order valence-corrected chi connectivity index (χ2v) is 9.57. The maximum absolute atomic E-state index is 6.13. The highest BCUT2D eigenvalue weighted by Gasteiger charge is 2.37. The van der Waals surface area contributed by atoms with Crippen LogP contribution in [-0.4, -0.2) is 41.9 Å². The van der Waals surface area contributed by atoms with Crippen molar-refractivity contribution in [1.82, 2.24) is 9.88 Å². The number of benzene rings is 1. The molecule has 30 heavy (non-hydrogen) atoms. The molecule has 2 fully saturated rings. The van der Waals surface area contributed by atoms with E-state index >= 15 is 0 Å². The fraction of sp³-hybridized carbons (Fsp3) is 0.692. The first kappa shape index (κ1) is 21.7. The molecule has 2 aromatic rings. The van der Waals surface area contributed by atoms with E-state index in [1.54, 1.807) is 0 Å². The topological polar surface area (TPSA) is 37.5 Å². The van der Waals surface area contributed by atoms with Gasteiger partial charge in [-0.05, 0) is 62.3 Å². The van der Waals surface area contributed by atoms with Gasteiger partial charge in [0.1, 0.15) is 5.75 Å². The summed E-state index contributed by atoms with van der Waals surface area (Å²) in [5.41, 5.74) is 4.25. The largest absolute Gasteiger partial charge is 0.465 e. The minimum Gasteiger partial charge on any atom is -0.465 e. The Morgan fingerprint density at radius 2 is 2.00 bits per heavy atom. The smallest absolute Gasteiger partial charge is 0.199 e. The van der Waals surface area contributed by atoms with Crippen LogP contribution in [-0.2, 0) is 11.2 Å². The van der Waals surface area contributed by atoms with Crippen LogP contribution in [0.25, 0.3) is 10.9 Å². The SMILES string of the molecule is CC1C2C[C@H](C)CN1CCc1c2[nH]c2ccc(OC3CCCCO3)cc12.CCCC. The van der Waals surface area contributed by atoms with E-state index in [9.17, 15) is 0 Å². The Morgan fingerprint density at radius 3 is 2.73 bits per heavy atom. The Balaban J connectivity index is 0.000000503. The van der Waals surface area contributed by atoms with Crippen molar-refractivity contribution in [3.63, 3.8) is 0 Å².